The fraction of sp³-hybridized carbons (Fsp3) is 0.714. The van der Waals surface area contributed by atoms with Crippen LogP contribution in [0.3, 0.4) is 0 Å². The van der Waals surface area contributed by atoms with Crippen molar-refractivity contribution in [1.82, 2.24) is 15.5 Å². The van der Waals surface area contributed by atoms with E-state index >= 15 is 0 Å². The van der Waals surface area contributed by atoms with Gasteiger partial charge in [0.15, 0.2) is 5.82 Å². The van der Waals surface area contributed by atoms with E-state index in [0.29, 0.717) is 24.1 Å². The minimum atomic E-state index is -0.912. The second kappa shape index (κ2) is 5.13. The van der Waals surface area contributed by atoms with Gasteiger partial charge < -0.3 is 14.9 Å². The van der Waals surface area contributed by atoms with Crippen LogP contribution in [0.4, 0.5) is 0 Å². The molecule has 2 saturated carbocycles. The molecular formula is C14H19N3O4. The number of hydrogen-bond donors (Lipinski definition) is 2. The first-order valence-electron chi connectivity index (χ1n) is 7.34. The highest BCUT2D eigenvalue weighted by molar-refractivity contribution is 5.89. The summed E-state index contributed by atoms with van der Waals surface area (Å²) in [5, 5.41) is 15.7. The molecule has 0 radical (unpaired) electrons. The molecule has 3 atom stereocenters. The third kappa shape index (κ3) is 2.91. The van der Waals surface area contributed by atoms with E-state index in [9.17, 15) is 9.59 Å². The first-order chi connectivity index (χ1) is 9.97. The third-order valence-corrected chi connectivity index (χ3v) is 4.07. The minimum Gasteiger partial charge on any atom is -0.481 e. The number of hydrogen-bond acceptors (Lipinski definition) is 5. The van der Waals surface area contributed by atoms with Gasteiger partial charge in [0.25, 0.3) is 0 Å². The van der Waals surface area contributed by atoms with Crippen molar-refractivity contribution in [2.24, 2.45) is 17.8 Å². The Morgan fingerprint density at radius 1 is 1.33 bits per heavy atom. The zero-order valence-electron chi connectivity index (χ0n) is 12.1. The van der Waals surface area contributed by atoms with Gasteiger partial charge in [-0.25, -0.2) is 0 Å². The van der Waals surface area contributed by atoms with Crippen LogP contribution in [0.1, 0.15) is 56.8 Å². The van der Waals surface area contributed by atoms with Crippen molar-refractivity contribution in [3.05, 3.63) is 11.7 Å². The molecule has 0 unspecified atom stereocenters. The molecule has 2 N–H and O–H groups in total. The van der Waals surface area contributed by atoms with E-state index < -0.39 is 17.8 Å². The summed E-state index contributed by atoms with van der Waals surface area (Å²) in [6.07, 6.45) is 2.57. The summed E-state index contributed by atoms with van der Waals surface area (Å²) in [7, 11) is 0. The predicted octanol–water partition coefficient (Wildman–Crippen LogP) is 1.48. The molecule has 0 saturated heterocycles. The number of aromatic nitrogens is 2. The zero-order valence-corrected chi connectivity index (χ0v) is 12.1. The standard InChI is InChI=1S/C14H19N3O4/c1-6(2)10(13-16-11(17-21-13)7-3-4-7)15-12(18)8-5-9(8)14(19)20/h6-10H,3-5H2,1-2H3,(H,15,18)(H,19,20)/t8-,9+,10-/m0/s1. The van der Waals surface area contributed by atoms with Gasteiger partial charge in [0.2, 0.25) is 11.8 Å². The van der Waals surface area contributed by atoms with Gasteiger partial charge in [-0.15, -0.1) is 0 Å². The highest BCUT2D eigenvalue weighted by atomic mass is 16.5. The third-order valence-electron chi connectivity index (χ3n) is 4.07. The van der Waals surface area contributed by atoms with Crippen molar-refractivity contribution in [3.8, 4) is 0 Å². The summed E-state index contributed by atoms with van der Waals surface area (Å²) in [5.74, 6) is -0.545. The summed E-state index contributed by atoms with van der Waals surface area (Å²) >= 11 is 0. The molecule has 0 spiro atoms. The van der Waals surface area contributed by atoms with Crippen LogP contribution in [0.2, 0.25) is 0 Å². The van der Waals surface area contributed by atoms with Crippen molar-refractivity contribution < 1.29 is 19.2 Å². The van der Waals surface area contributed by atoms with Gasteiger partial charge in [-0.2, -0.15) is 4.98 Å². The van der Waals surface area contributed by atoms with Gasteiger partial charge >= 0.3 is 5.97 Å². The highest BCUT2D eigenvalue weighted by Gasteiger charge is 2.49. The molecule has 1 aromatic rings. The van der Waals surface area contributed by atoms with E-state index in [1.54, 1.807) is 0 Å². The van der Waals surface area contributed by atoms with E-state index in [1.807, 2.05) is 13.8 Å². The minimum absolute atomic E-state index is 0.0866. The zero-order chi connectivity index (χ0) is 15.1. The van der Waals surface area contributed by atoms with Gasteiger partial charge in [-0.05, 0) is 25.2 Å². The molecule has 1 amide bonds. The number of carboxylic acids is 1. The molecule has 2 aliphatic rings. The van der Waals surface area contributed by atoms with Gasteiger partial charge in [-0.1, -0.05) is 19.0 Å². The second-order valence-electron chi connectivity index (χ2n) is 6.28. The molecule has 0 aromatic carbocycles. The molecule has 0 bridgehead atoms. The van der Waals surface area contributed by atoms with Crippen LogP contribution >= 0.6 is 0 Å². The number of carbonyl (C=O) groups is 2. The number of nitrogens with zero attached hydrogens (tertiary/aromatic N) is 2. The predicted molar refractivity (Wildman–Crippen MR) is 71.2 cm³/mol. The van der Waals surface area contributed by atoms with Gasteiger partial charge in [0.05, 0.1) is 11.8 Å². The van der Waals surface area contributed by atoms with Gasteiger partial charge in [0.1, 0.15) is 6.04 Å². The quantitative estimate of drug-likeness (QED) is 0.823. The maximum absolute atomic E-state index is 12.1. The van der Waals surface area contributed by atoms with Crippen LogP contribution < -0.4 is 5.32 Å². The Morgan fingerprint density at radius 2 is 2.05 bits per heavy atom. The summed E-state index contributed by atoms with van der Waals surface area (Å²) in [6, 6.07) is -0.368. The first kappa shape index (κ1) is 14.0. The number of aliphatic carboxylic acids is 1. The lowest BCUT2D eigenvalue weighted by Crippen LogP contribution is -2.33. The molecular weight excluding hydrogens is 274 g/mol. The lowest BCUT2D eigenvalue weighted by Gasteiger charge is -2.18. The molecule has 1 heterocycles. The molecule has 114 valence electrons. The van der Waals surface area contributed by atoms with Crippen molar-refractivity contribution in [2.45, 2.75) is 45.1 Å². The molecule has 7 nitrogen and oxygen atoms in total. The molecule has 2 fully saturated rings. The van der Waals surface area contributed by atoms with E-state index in [2.05, 4.69) is 15.5 Å². The van der Waals surface area contributed by atoms with Crippen LogP contribution in [-0.4, -0.2) is 27.1 Å². The molecule has 21 heavy (non-hydrogen) atoms. The average molecular weight is 293 g/mol. The van der Waals surface area contributed by atoms with Crippen molar-refractivity contribution in [1.29, 1.82) is 0 Å². The fourth-order valence-electron chi connectivity index (χ4n) is 2.41. The van der Waals surface area contributed by atoms with Crippen LogP contribution in [-0.2, 0) is 9.59 Å². The van der Waals surface area contributed by atoms with E-state index in [0.717, 1.165) is 12.8 Å². The number of nitrogens with one attached hydrogen (secondary N) is 1. The van der Waals surface area contributed by atoms with Crippen molar-refractivity contribution >= 4 is 11.9 Å². The SMILES string of the molecule is CC(C)[C@H](NC(=O)[C@H]1C[C@H]1C(=O)O)c1nc(C2CC2)no1. The molecule has 7 heteroatoms. The van der Waals surface area contributed by atoms with Gasteiger partial charge in [-0.3, -0.25) is 9.59 Å². The molecule has 2 aliphatic carbocycles. The van der Waals surface area contributed by atoms with Crippen LogP contribution in [0.5, 0.6) is 0 Å². The molecule has 3 rings (SSSR count). The summed E-state index contributed by atoms with van der Waals surface area (Å²) in [6.45, 7) is 3.90. The van der Waals surface area contributed by atoms with E-state index in [1.165, 1.54) is 0 Å². The van der Waals surface area contributed by atoms with Crippen molar-refractivity contribution in [2.75, 3.05) is 0 Å². The highest BCUT2D eigenvalue weighted by Crippen LogP contribution is 2.40. The molecule has 1 aromatic heterocycles. The number of rotatable bonds is 6. The maximum atomic E-state index is 12.1. The topological polar surface area (TPSA) is 105 Å². The lowest BCUT2D eigenvalue weighted by molar-refractivity contribution is -0.140. The summed E-state index contributed by atoms with van der Waals surface area (Å²) in [5.41, 5.74) is 0. The second-order valence-corrected chi connectivity index (χ2v) is 6.28. The Hall–Kier alpha value is -1.92. The normalized spacial score (nSPS) is 25.7. The van der Waals surface area contributed by atoms with E-state index in [-0.39, 0.29) is 17.9 Å². The fourth-order valence-corrected chi connectivity index (χ4v) is 2.41. The Kier molecular flexibility index (Phi) is 3.43. The molecule has 0 aliphatic heterocycles. The Morgan fingerprint density at radius 3 is 2.57 bits per heavy atom. The van der Waals surface area contributed by atoms with Gasteiger partial charge in [0, 0.05) is 5.92 Å². The Labute approximate surface area is 122 Å². The van der Waals surface area contributed by atoms with Crippen LogP contribution in [0, 0.1) is 17.8 Å². The average Bonchev–Trinajstić information content (AvgIpc) is 3.32. The maximum Gasteiger partial charge on any atom is 0.307 e. The summed E-state index contributed by atoms with van der Waals surface area (Å²) in [4.78, 5) is 27.3. The monoisotopic (exact) mass is 293 g/mol. The largest absolute Gasteiger partial charge is 0.481 e. The number of carboxylic acid groups (broad SMARTS) is 1. The van der Waals surface area contributed by atoms with Crippen molar-refractivity contribution in [3.63, 3.8) is 0 Å². The number of amides is 1. The van der Waals surface area contributed by atoms with Crippen LogP contribution in [0.25, 0.3) is 0 Å². The Balaban J connectivity index is 1.66. The van der Waals surface area contributed by atoms with E-state index in [4.69, 9.17) is 9.63 Å². The Bertz CT molecular complexity index is 564. The summed E-state index contributed by atoms with van der Waals surface area (Å²) < 4.78 is 5.27. The lowest BCUT2D eigenvalue weighted by atomic mass is 10.0. The number of carbonyl (C=O) groups excluding carboxylic acids is 1. The first-order valence-corrected chi connectivity index (χ1v) is 7.34. The smallest absolute Gasteiger partial charge is 0.307 e. The van der Waals surface area contributed by atoms with Crippen LogP contribution in [0.15, 0.2) is 4.52 Å².